The Morgan fingerprint density at radius 1 is 0.576 bits per heavy atom. The molecule has 0 radical (unpaired) electrons. The lowest BCUT2D eigenvalue weighted by Gasteiger charge is -2.54. The monoisotopic (exact) mass is 526 g/mol. The van der Waals surface area contributed by atoms with Crippen molar-refractivity contribution >= 4 is 0 Å². The lowest BCUT2D eigenvalue weighted by molar-refractivity contribution is -0.521. The molecule has 1 saturated carbocycles. The number of alkyl halides is 16. The van der Waals surface area contributed by atoms with Crippen LogP contribution in [0.2, 0.25) is 0 Å². The van der Waals surface area contributed by atoms with Crippen LogP contribution < -0.4 is 0 Å². The van der Waals surface area contributed by atoms with E-state index in [9.17, 15) is 75.4 Å². The summed E-state index contributed by atoms with van der Waals surface area (Å²) in [4.78, 5) is 0. The molecule has 2 aliphatic carbocycles. The summed E-state index contributed by atoms with van der Waals surface area (Å²) >= 11 is 0. The number of allylic oxidation sites excluding steroid dienone is 1. The molecule has 0 spiro atoms. The van der Waals surface area contributed by atoms with Gasteiger partial charge < -0.3 is 9.84 Å². The molecule has 1 N–H and O–H groups in total. The molecular weight excluding hydrogens is 516 g/mol. The lowest BCUT2D eigenvalue weighted by Crippen LogP contribution is -2.87. The Hall–Kier alpha value is -1.46. The minimum absolute atomic E-state index is 0.393. The normalized spacial score (nSPS) is 28.7. The van der Waals surface area contributed by atoms with Gasteiger partial charge in [0.2, 0.25) is 0 Å². The second-order valence-corrected chi connectivity index (χ2v) is 7.47. The van der Waals surface area contributed by atoms with Crippen LogP contribution in [0.4, 0.5) is 70.2 Å². The third-order valence-electron chi connectivity index (χ3n) is 5.47. The molecule has 2 nitrogen and oxygen atoms in total. The summed E-state index contributed by atoms with van der Waals surface area (Å²) in [6.45, 7) is 0. The Bertz CT molecular complexity index is 775. The van der Waals surface area contributed by atoms with Crippen LogP contribution in [0.25, 0.3) is 0 Å². The van der Waals surface area contributed by atoms with E-state index in [1.165, 1.54) is 0 Å². The number of hydrogen-bond acceptors (Lipinski definition) is 2. The molecule has 18 heteroatoms. The molecule has 194 valence electrons. The maximum absolute atomic E-state index is 14.2. The van der Waals surface area contributed by atoms with E-state index in [1.54, 1.807) is 0 Å². The van der Waals surface area contributed by atoms with Crippen LogP contribution in [0.15, 0.2) is 12.2 Å². The highest BCUT2D eigenvalue weighted by molar-refractivity contribution is 5.26. The molecule has 2 aliphatic rings. The van der Waals surface area contributed by atoms with Crippen molar-refractivity contribution in [3.8, 4) is 0 Å². The maximum Gasteiger partial charge on any atom is 0.456 e. The van der Waals surface area contributed by atoms with Gasteiger partial charge in [-0.1, -0.05) is 12.2 Å². The Kier molecular flexibility index (Phi) is 6.12. The number of rotatable bonds is 5. The van der Waals surface area contributed by atoms with Crippen LogP contribution in [0.5, 0.6) is 0 Å². The standard InChI is InChI=1S/C15H10F16O2/c16-10(17,14(26,27)28)8(32,12(20,21)22)9(13(23,24)25,11(18,19)15(29,30)31)33-7-4-5-1-2-6(7)3-5/h1-2,5-7,32H,3-4H2. The van der Waals surface area contributed by atoms with Crippen molar-refractivity contribution < 1.29 is 80.1 Å². The van der Waals surface area contributed by atoms with Crippen molar-refractivity contribution in [1.29, 1.82) is 0 Å². The van der Waals surface area contributed by atoms with Crippen LogP contribution in [0, 0.1) is 11.8 Å². The zero-order valence-electron chi connectivity index (χ0n) is 15.2. The molecule has 0 aromatic carbocycles. The fourth-order valence-electron chi connectivity index (χ4n) is 3.93. The maximum atomic E-state index is 14.2. The molecule has 5 atom stereocenters. The summed E-state index contributed by atoms with van der Waals surface area (Å²) < 4.78 is 218. The molecule has 1 fully saturated rings. The molecule has 5 unspecified atom stereocenters. The van der Waals surface area contributed by atoms with E-state index in [1.807, 2.05) is 0 Å². The van der Waals surface area contributed by atoms with Gasteiger partial charge in [-0.25, -0.2) is 0 Å². The van der Waals surface area contributed by atoms with E-state index in [4.69, 9.17) is 0 Å². The van der Waals surface area contributed by atoms with E-state index >= 15 is 0 Å². The fraction of sp³-hybridized carbons (Fsp3) is 0.867. The third kappa shape index (κ3) is 3.56. The van der Waals surface area contributed by atoms with E-state index in [2.05, 4.69) is 4.74 Å². The molecule has 0 saturated heterocycles. The van der Waals surface area contributed by atoms with Crippen LogP contribution in [-0.4, -0.2) is 59.0 Å². The van der Waals surface area contributed by atoms with Crippen LogP contribution in [0.3, 0.4) is 0 Å². The van der Waals surface area contributed by atoms with Gasteiger partial charge in [-0.3, -0.25) is 0 Å². The highest BCUT2D eigenvalue weighted by atomic mass is 19.4. The summed E-state index contributed by atoms with van der Waals surface area (Å²) in [7, 11) is 0. The van der Waals surface area contributed by atoms with Crippen molar-refractivity contribution in [3.05, 3.63) is 12.2 Å². The SMILES string of the molecule is OC(C(F)(F)F)(C(F)(F)C(F)(F)F)C(OC1CC2C=CC1C2)(C(F)(F)F)C(F)(F)C(F)(F)F. The second-order valence-electron chi connectivity index (χ2n) is 7.47. The van der Waals surface area contributed by atoms with Crippen LogP contribution >= 0.6 is 0 Å². The van der Waals surface area contributed by atoms with E-state index in [0.717, 1.165) is 12.2 Å². The molecule has 0 amide bonds. The summed E-state index contributed by atoms with van der Waals surface area (Å²) in [5.41, 5.74) is -16.1. The Balaban J connectivity index is 3.04. The highest BCUT2D eigenvalue weighted by Crippen LogP contribution is 2.67. The predicted octanol–water partition coefficient (Wildman–Crippen LogP) is 5.96. The number of hydrogen-bond donors (Lipinski definition) is 1. The molecule has 0 heterocycles. The topological polar surface area (TPSA) is 29.5 Å². The summed E-state index contributed by atoms with van der Waals surface area (Å²) in [6.07, 6.45) is -34.1. The molecule has 33 heavy (non-hydrogen) atoms. The number of fused-ring (bicyclic) bond motifs is 2. The van der Waals surface area contributed by atoms with E-state index < -0.39 is 78.5 Å². The third-order valence-corrected chi connectivity index (χ3v) is 5.47. The smallest absolute Gasteiger partial charge is 0.373 e. The lowest BCUT2D eigenvalue weighted by atomic mass is 9.71. The zero-order chi connectivity index (χ0) is 26.3. The zero-order valence-corrected chi connectivity index (χ0v) is 15.2. The van der Waals surface area contributed by atoms with Gasteiger partial charge in [0, 0.05) is 5.92 Å². The minimum atomic E-state index is -8.27. The van der Waals surface area contributed by atoms with Gasteiger partial charge in [0.25, 0.3) is 11.2 Å². The van der Waals surface area contributed by atoms with Crippen molar-refractivity contribution in [1.82, 2.24) is 0 Å². The molecule has 0 aromatic rings. The average Bonchev–Trinajstić information content (AvgIpc) is 3.17. The first kappa shape index (κ1) is 27.8. The van der Waals surface area contributed by atoms with Gasteiger partial charge in [0.15, 0.2) is 0 Å². The first-order valence-electron chi connectivity index (χ1n) is 8.40. The van der Waals surface area contributed by atoms with Gasteiger partial charge >= 0.3 is 36.6 Å². The Labute approximate surface area is 172 Å². The Morgan fingerprint density at radius 2 is 1.03 bits per heavy atom. The van der Waals surface area contributed by atoms with Gasteiger partial charge in [-0.15, -0.1) is 0 Å². The first-order chi connectivity index (χ1) is 14.3. The van der Waals surface area contributed by atoms with Gasteiger partial charge in [0.05, 0.1) is 6.10 Å². The highest BCUT2D eigenvalue weighted by Gasteiger charge is 3.00. The van der Waals surface area contributed by atoms with Crippen molar-refractivity contribution in [2.45, 2.75) is 66.7 Å². The van der Waals surface area contributed by atoms with E-state index in [-0.39, 0.29) is 0 Å². The average molecular weight is 526 g/mol. The first-order valence-corrected chi connectivity index (χ1v) is 8.40. The second kappa shape index (κ2) is 7.27. The summed E-state index contributed by atoms with van der Waals surface area (Å²) in [6, 6.07) is 0. The number of halogens is 16. The molecule has 0 aliphatic heterocycles. The van der Waals surface area contributed by atoms with Crippen LogP contribution in [-0.2, 0) is 4.74 Å². The quantitative estimate of drug-likeness (QED) is 0.354. The molecule has 2 rings (SSSR count). The number of ether oxygens (including phenoxy) is 1. The largest absolute Gasteiger partial charge is 0.456 e. The van der Waals surface area contributed by atoms with Gasteiger partial charge in [0.1, 0.15) is 0 Å². The van der Waals surface area contributed by atoms with Crippen molar-refractivity contribution in [2.75, 3.05) is 0 Å². The molecule has 0 aromatic heterocycles. The summed E-state index contributed by atoms with van der Waals surface area (Å²) in [5, 5.41) is 9.35. The summed E-state index contributed by atoms with van der Waals surface area (Å²) in [5.74, 6) is -19.0. The molecular formula is C15H10F16O2. The van der Waals surface area contributed by atoms with Crippen molar-refractivity contribution in [2.24, 2.45) is 11.8 Å². The number of aliphatic hydroxyl groups is 1. The van der Waals surface area contributed by atoms with Gasteiger partial charge in [-0.2, -0.15) is 70.2 Å². The van der Waals surface area contributed by atoms with Crippen LogP contribution in [0.1, 0.15) is 12.8 Å². The van der Waals surface area contributed by atoms with Crippen molar-refractivity contribution in [3.63, 3.8) is 0 Å². The molecule has 2 bridgehead atoms. The Morgan fingerprint density at radius 3 is 1.30 bits per heavy atom. The fourth-order valence-corrected chi connectivity index (χ4v) is 3.93. The van der Waals surface area contributed by atoms with Gasteiger partial charge in [-0.05, 0) is 18.8 Å². The predicted molar refractivity (Wildman–Crippen MR) is 72.0 cm³/mol. The minimum Gasteiger partial charge on any atom is -0.373 e. The van der Waals surface area contributed by atoms with E-state index in [0.29, 0.717) is 0 Å².